The van der Waals surface area contributed by atoms with Crippen LogP contribution in [-0.2, 0) is 6.42 Å². The third-order valence-electron chi connectivity index (χ3n) is 5.09. The molecule has 3 aromatic carbocycles. The van der Waals surface area contributed by atoms with Gasteiger partial charge in [-0.2, -0.15) is 0 Å². The Morgan fingerprint density at radius 2 is 1.54 bits per heavy atom. The topological polar surface area (TPSA) is 44.9 Å². The van der Waals surface area contributed by atoms with Gasteiger partial charge in [0.2, 0.25) is 0 Å². The van der Waals surface area contributed by atoms with Crippen LogP contribution in [0.4, 0.5) is 0 Å². The van der Waals surface area contributed by atoms with E-state index in [4.69, 9.17) is 0 Å². The fourth-order valence-electron chi connectivity index (χ4n) is 3.71. The molecule has 2 N–H and O–H groups in total. The zero-order valence-electron chi connectivity index (χ0n) is 15.9. The highest BCUT2D eigenvalue weighted by atomic mass is 16.1. The van der Waals surface area contributed by atoms with E-state index in [9.17, 15) is 4.79 Å². The molecule has 0 aliphatic carbocycles. The van der Waals surface area contributed by atoms with Crippen LogP contribution in [0, 0.1) is 0 Å². The van der Waals surface area contributed by atoms with Gasteiger partial charge in [0.05, 0.1) is 6.04 Å². The molecule has 0 amide bonds. The molecule has 0 saturated heterocycles. The number of carbonyl (C=O) groups excluding carboxylic acids is 1. The second-order valence-electron chi connectivity index (χ2n) is 7.21. The van der Waals surface area contributed by atoms with E-state index in [2.05, 4.69) is 29.4 Å². The van der Waals surface area contributed by atoms with Gasteiger partial charge in [-0.3, -0.25) is 4.79 Å². The Balaban J connectivity index is 1.63. The normalized spacial score (nSPS) is 13.3. The molecule has 3 heteroatoms. The molecule has 0 saturated carbocycles. The molecule has 0 aliphatic rings. The second-order valence-corrected chi connectivity index (χ2v) is 7.21. The number of nitrogens with one attached hydrogen (secondary N) is 2. The maximum atomic E-state index is 13.5. The van der Waals surface area contributed by atoms with Crippen LogP contribution < -0.4 is 5.32 Å². The van der Waals surface area contributed by atoms with Crippen LogP contribution in [0.5, 0.6) is 0 Å². The van der Waals surface area contributed by atoms with Crippen LogP contribution in [0.2, 0.25) is 0 Å². The minimum absolute atomic E-state index is 0.0866. The predicted molar refractivity (Wildman–Crippen MR) is 115 cm³/mol. The van der Waals surface area contributed by atoms with Crippen LogP contribution in [0.3, 0.4) is 0 Å². The second kappa shape index (κ2) is 8.24. The van der Waals surface area contributed by atoms with Crippen LogP contribution in [0.15, 0.2) is 91.1 Å². The number of ketones is 1. The summed E-state index contributed by atoms with van der Waals surface area (Å²) in [5.74, 6) is 0.0866. The molecule has 0 spiro atoms. The van der Waals surface area contributed by atoms with Gasteiger partial charge in [-0.05, 0) is 30.5 Å². The molecule has 4 rings (SSSR count). The van der Waals surface area contributed by atoms with Crippen molar-refractivity contribution in [2.75, 3.05) is 0 Å². The monoisotopic (exact) mass is 368 g/mol. The summed E-state index contributed by atoms with van der Waals surface area (Å²) >= 11 is 0. The van der Waals surface area contributed by atoms with Crippen molar-refractivity contribution in [1.82, 2.24) is 10.3 Å². The van der Waals surface area contributed by atoms with E-state index >= 15 is 0 Å². The number of aromatic nitrogens is 1. The molecule has 140 valence electrons. The van der Waals surface area contributed by atoms with Crippen molar-refractivity contribution in [3.8, 4) is 0 Å². The molecular weight excluding hydrogens is 344 g/mol. The molecule has 0 fully saturated rings. The quantitative estimate of drug-likeness (QED) is 0.434. The predicted octanol–water partition coefficient (Wildman–Crippen LogP) is 5.31. The maximum Gasteiger partial charge on any atom is 0.186 e. The van der Waals surface area contributed by atoms with Gasteiger partial charge in [0, 0.05) is 28.7 Å². The first-order valence-corrected chi connectivity index (χ1v) is 9.67. The number of hydrogen-bond donors (Lipinski definition) is 2. The maximum absolute atomic E-state index is 13.5. The van der Waals surface area contributed by atoms with Crippen molar-refractivity contribution in [1.29, 1.82) is 0 Å². The largest absolute Gasteiger partial charge is 0.360 e. The summed E-state index contributed by atoms with van der Waals surface area (Å²) in [5.41, 5.74) is 3.95. The van der Waals surface area contributed by atoms with Crippen molar-refractivity contribution < 1.29 is 4.79 Å². The summed E-state index contributed by atoms with van der Waals surface area (Å²) in [4.78, 5) is 16.7. The fourth-order valence-corrected chi connectivity index (χ4v) is 3.71. The summed E-state index contributed by atoms with van der Waals surface area (Å²) in [6, 6.07) is 28.0. The molecule has 2 atom stereocenters. The molecule has 28 heavy (non-hydrogen) atoms. The SMILES string of the molecule is CC(Cc1ccccc1)N[C@H](C(=O)c1c[nH]c2ccccc12)c1ccccc1. The van der Waals surface area contributed by atoms with E-state index in [1.165, 1.54) is 5.56 Å². The van der Waals surface area contributed by atoms with Gasteiger partial charge < -0.3 is 10.3 Å². The first-order valence-electron chi connectivity index (χ1n) is 9.67. The number of hydrogen-bond acceptors (Lipinski definition) is 2. The molecule has 4 aromatic rings. The Labute approximate surface area is 165 Å². The lowest BCUT2D eigenvalue weighted by atomic mass is 9.95. The van der Waals surface area contributed by atoms with Gasteiger partial charge in [0.25, 0.3) is 0 Å². The van der Waals surface area contributed by atoms with Gasteiger partial charge in [-0.25, -0.2) is 0 Å². The number of rotatable bonds is 7. The first-order chi connectivity index (χ1) is 13.7. The smallest absolute Gasteiger partial charge is 0.186 e. The summed E-state index contributed by atoms with van der Waals surface area (Å²) in [7, 11) is 0. The van der Waals surface area contributed by atoms with E-state index in [0.717, 1.165) is 28.5 Å². The van der Waals surface area contributed by atoms with Crippen LogP contribution in [0.1, 0.15) is 34.5 Å². The number of fused-ring (bicyclic) bond motifs is 1. The Morgan fingerprint density at radius 1 is 0.893 bits per heavy atom. The van der Waals surface area contributed by atoms with Gasteiger partial charge in [-0.15, -0.1) is 0 Å². The Kier molecular flexibility index (Phi) is 5.36. The minimum Gasteiger partial charge on any atom is -0.360 e. The van der Waals surface area contributed by atoms with Crippen LogP contribution >= 0.6 is 0 Å². The lowest BCUT2D eigenvalue weighted by Crippen LogP contribution is -2.36. The number of para-hydroxylation sites is 1. The van der Waals surface area contributed by atoms with Crippen molar-refractivity contribution in [2.45, 2.75) is 25.4 Å². The molecule has 0 radical (unpaired) electrons. The molecule has 3 nitrogen and oxygen atoms in total. The van der Waals surface area contributed by atoms with Gasteiger partial charge in [-0.1, -0.05) is 78.9 Å². The van der Waals surface area contributed by atoms with Gasteiger partial charge >= 0.3 is 0 Å². The van der Waals surface area contributed by atoms with E-state index in [-0.39, 0.29) is 17.9 Å². The molecule has 1 aromatic heterocycles. The molecule has 0 bridgehead atoms. The Hall–Kier alpha value is -3.17. The van der Waals surface area contributed by atoms with E-state index in [1.807, 2.05) is 79.0 Å². The van der Waals surface area contributed by atoms with Crippen molar-refractivity contribution in [3.63, 3.8) is 0 Å². The van der Waals surface area contributed by atoms with E-state index in [1.54, 1.807) is 0 Å². The lowest BCUT2D eigenvalue weighted by Gasteiger charge is -2.23. The van der Waals surface area contributed by atoms with E-state index in [0.29, 0.717) is 0 Å². The summed E-state index contributed by atoms with van der Waals surface area (Å²) in [6.45, 7) is 2.13. The zero-order chi connectivity index (χ0) is 19.3. The fraction of sp³-hybridized carbons (Fsp3) is 0.160. The van der Waals surface area contributed by atoms with Gasteiger partial charge in [0.15, 0.2) is 5.78 Å². The third-order valence-corrected chi connectivity index (χ3v) is 5.09. The summed E-state index contributed by atoms with van der Waals surface area (Å²) in [5, 5.41) is 4.53. The number of H-pyrrole nitrogens is 1. The lowest BCUT2D eigenvalue weighted by molar-refractivity contribution is 0.0938. The van der Waals surface area contributed by atoms with Crippen molar-refractivity contribution in [2.24, 2.45) is 0 Å². The zero-order valence-corrected chi connectivity index (χ0v) is 15.9. The molecule has 1 heterocycles. The van der Waals surface area contributed by atoms with Gasteiger partial charge in [0.1, 0.15) is 0 Å². The highest BCUT2D eigenvalue weighted by Crippen LogP contribution is 2.25. The minimum atomic E-state index is -0.390. The average molecular weight is 368 g/mol. The van der Waals surface area contributed by atoms with Crippen molar-refractivity contribution >= 4 is 16.7 Å². The Morgan fingerprint density at radius 3 is 2.29 bits per heavy atom. The third kappa shape index (κ3) is 3.90. The molecule has 0 aliphatic heterocycles. The standard InChI is InChI=1S/C25H24N2O/c1-18(16-19-10-4-2-5-11-19)27-24(20-12-6-3-7-13-20)25(28)22-17-26-23-15-9-8-14-21(22)23/h2-15,17-18,24,26-27H,16H2,1H3/t18?,24-/m0/s1. The Bertz CT molecular complexity index is 1050. The average Bonchev–Trinajstić information content (AvgIpc) is 3.17. The highest BCUT2D eigenvalue weighted by molar-refractivity contribution is 6.10. The number of carbonyl (C=O) groups is 1. The van der Waals surface area contributed by atoms with Crippen LogP contribution in [0.25, 0.3) is 10.9 Å². The van der Waals surface area contributed by atoms with Crippen LogP contribution in [-0.4, -0.2) is 16.8 Å². The summed E-state index contributed by atoms with van der Waals surface area (Å²) in [6.07, 6.45) is 2.69. The van der Waals surface area contributed by atoms with E-state index < -0.39 is 0 Å². The summed E-state index contributed by atoms with van der Waals surface area (Å²) < 4.78 is 0. The first kappa shape index (κ1) is 18.2. The number of aromatic amines is 1. The van der Waals surface area contributed by atoms with Crippen molar-refractivity contribution in [3.05, 3.63) is 108 Å². The highest BCUT2D eigenvalue weighted by Gasteiger charge is 2.25. The molecule has 1 unspecified atom stereocenters. The number of benzene rings is 3. The molecular formula is C25H24N2O. The number of Topliss-reactive ketones (excluding diaryl/α,β-unsaturated/α-hetero) is 1.